The fourth-order valence-corrected chi connectivity index (χ4v) is 1.84. The Balaban J connectivity index is 2.38. The summed E-state index contributed by atoms with van der Waals surface area (Å²) in [6.45, 7) is 0. The Labute approximate surface area is 96.8 Å². The van der Waals surface area contributed by atoms with Crippen LogP contribution in [-0.4, -0.2) is 11.8 Å². The Morgan fingerprint density at radius 3 is 2.38 bits per heavy atom. The van der Waals surface area contributed by atoms with Crippen molar-refractivity contribution in [1.82, 2.24) is 0 Å². The maximum Gasteiger partial charge on any atom is 0.233 e. The number of imide groups is 1. The minimum atomic E-state index is -0.567. The Hall–Kier alpha value is -1.42. The zero-order valence-corrected chi connectivity index (χ0v) is 9.13. The van der Waals surface area contributed by atoms with E-state index < -0.39 is 5.82 Å². The van der Waals surface area contributed by atoms with Crippen LogP contribution in [0.2, 0.25) is 5.02 Å². The molecular weight excluding hydrogens is 233 g/mol. The molecule has 1 aromatic carbocycles. The van der Waals surface area contributed by atoms with E-state index in [-0.39, 0.29) is 16.8 Å². The van der Waals surface area contributed by atoms with E-state index in [1.54, 1.807) is 0 Å². The summed E-state index contributed by atoms with van der Waals surface area (Å²) in [5, 5.41) is -0.0938. The molecule has 0 radical (unpaired) electrons. The van der Waals surface area contributed by atoms with Crippen LogP contribution in [0.5, 0.6) is 0 Å². The summed E-state index contributed by atoms with van der Waals surface area (Å²) in [6, 6.07) is 3.81. The average Bonchev–Trinajstić information content (AvgIpc) is 2.23. The zero-order valence-electron chi connectivity index (χ0n) is 8.37. The maximum atomic E-state index is 12.9. The predicted molar refractivity (Wildman–Crippen MR) is 57.8 cm³/mol. The highest BCUT2D eigenvalue weighted by atomic mass is 35.5. The molecule has 2 amide bonds. The number of piperidine rings is 1. The highest BCUT2D eigenvalue weighted by Gasteiger charge is 2.27. The molecule has 0 unspecified atom stereocenters. The normalized spacial score (nSPS) is 16.8. The van der Waals surface area contributed by atoms with Crippen molar-refractivity contribution in [2.45, 2.75) is 19.3 Å². The van der Waals surface area contributed by atoms with Crippen LogP contribution in [0.3, 0.4) is 0 Å². The second-order valence-corrected chi connectivity index (χ2v) is 3.98. The lowest BCUT2D eigenvalue weighted by Gasteiger charge is -2.24. The fraction of sp³-hybridized carbons (Fsp3) is 0.273. The number of anilines is 1. The zero-order chi connectivity index (χ0) is 11.7. The van der Waals surface area contributed by atoms with Gasteiger partial charge in [-0.2, -0.15) is 0 Å². The number of carbonyl (C=O) groups is 2. The van der Waals surface area contributed by atoms with Crippen molar-refractivity contribution in [3.05, 3.63) is 29.0 Å². The molecule has 0 aromatic heterocycles. The summed E-state index contributed by atoms with van der Waals surface area (Å²) >= 11 is 5.60. The average molecular weight is 242 g/mol. The van der Waals surface area contributed by atoms with Gasteiger partial charge in [0.05, 0.1) is 10.7 Å². The Morgan fingerprint density at radius 1 is 1.19 bits per heavy atom. The fourth-order valence-electron chi connectivity index (χ4n) is 1.67. The lowest BCUT2D eigenvalue weighted by atomic mass is 10.1. The molecule has 0 bridgehead atoms. The molecule has 1 aromatic rings. The van der Waals surface area contributed by atoms with Crippen LogP contribution in [0.15, 0.2) is 18.2 Å². The number of hydrogen-bond acceptors (Lipinski definition) is 2. The minimum absolute atomic E-state index is 0.0938. The van der Waals surface area contributed by atoms with Crippen LogP contribution in [0.25, 0.3) is 0 Å². The summed E-state index contributed by atoms with van der Waals surface area (Å²) in [5.74, 6) is -1.10. The second kappa shape index (κ2) is 4.22. The summed E-state index contributed by atoms with van der Waals surface area (Å²) in [6.07, 6.45) is 1.24. The van der Waals surface area contributed by atoms with Crippen molar-refractivity contribution < 1.29 is 14.0 Å². The van der Waals surface area contributed by atoms with Crippen molar-refractivity contribution in [2.75, 3.05) is 4.90 Å². The molecule has 0 N–H and O–H groups in total. The molecule has 0 aliphatic carbocycles. The van der Waals surface area contributed by atoms with Crippen LogP contribution >= 0.6 is 11.6 Å². The van der Waals surface area contributed by atoms with Gasteiger partial charge in [-0.25, -0.2) is 4.39 Å². The molecule has 1 aliphatic heterocycles. The lowest BCUT2D eigenvalue weighted by Crippen LogP contribution is -2.40. The molecule has 1 saturated heterocycles. The number of amides is 2. The standard InChI is InChI=1S/C11H9ClFNO2/c12-8-6-7(4-5-9(8)13)14-10(15)2-1-3-11(14)16/h4-6H,1-3H2. The molecule has 0 saturated carbocycles. The Kier molecular flexibility index (Phi) is 2.92. The van der Waals surface area contributed by atoms with Gasteiger partial charge in [-0.05, 0) is 24.6 Å². The van der Waals surface area contributed by atoms with E-state index >= 15 is 0 Å². The van der Waals surface area contributed by atoms with Gasteiger partial charge in [0, 0.05) is 12.8 Å². The summed E-state index contributed by atoms with van der Waals surface area (Å²) < 4.78 is 12.9. The van der Waals surface area contributed by atoms with E-state index in [2.05, 4.69) is 0 Å². The smallest absolute Gasteiger partial charge is 0.233 e. The maximum absolute atomic E-state index is 12.9. The predicted octanol–water partition coefficient (Wildman–Crippen LogP) is 2.52. The first kappa shape index (κ1) is 11.1. The quantitative estimate of drug-likeness (QED) is 0.709. The van der Waals surface area contributed by atoms with Crippen LogP contribution < -0.4 is 4.90 Å². The summed E-state index contributed by atoms with van der Waals surface area (Å²) in [5.41, 5.74) is 0.334. The van der Waals surface area contributed by atoms with Crippen molar-refractivity contribution in [3.63, 3.8) is 0 Å². The minimum Gasteiger partial charge on any atom is -0.274 e. The Morgan fingerprint density at radius 2 is 1.81 bits per heavy atom. The van der Waals surface area contributed by atoms with Crippen LogP contribution in [0.1, 0.15) is 19.3 Å². The number of benzene rings is 1. The third-order valence-corrected chi connectivity index (χ3v) is 2.73. The number of nitrogens with zero attached hydrogens (tertiary/aromatic N) is 1. The van der Waals surface area contributed by atoms with E-state index in [4.69, 9.17) is 11.6 Å². The monoisotopic (exact) mass is 241 g/mol. The van der Waals surface area contributed by atoms with Gasteiger partial charge in [-0.15, -0.1) is 0 Å². The van der Waals surface area contributed by atoms with Gasteiger partial charge >= 0.3 is 0 Å². The number of carbonyl (C=O) groups excluding carboxylic acids is 2. The van der Waals surface area contributed by atoms with Crippen molar-refractivity contribution in [2.24, 2.45) is 0 Å². The van der Waals surface area contributed by atoms with E-state index in [0.717, 1.165) is 11.0 Å². The third-order valence-electron chi connectivity index (χ3n) is 2.44. The van der Waals surface area contributed by atoms with Crippen LogP contribution in [0, 0.1) is 5.82 Å². The van der Waals surface area contributed by atoms with Crippen molar-refractivity contribution >= 4 is 29.1 Å². The molecular formula is C11H9ClFNO2. The number of halogens is 2. The third kappa shape index (κ3) is 1.93. The van der Waals surface area contributed by atoms with Gasteiger partial charge < -0.3 is 0 Å². The van der Waals surface area contributed by atoms with E-state index in [0.29, 0.717) is 24.9 Å². The lowest BCUT2D eigenvalue weighted by molar-refractivity contribution is -0.129. The van der Waals surface area contributed by atoms with Crippen LogP contribution in [0.4, 0.5) is 10.1 Å². The van der Waals surface area contributed by atoms with E-state index in [9.17, 15) is 14.0 Å². The van der Waals surface area contributed by atoms with Crippen molar-refractivity contribution in [1.29, 1.82) is 0 Å². The molecule has 16 heavy (non-hydrogen) atoms. The second-order valence-electron chi connectivity index (χ2n) is 3.57. The molecule has 84 valence electrons. The molecule has 1 aliphatic rings. The van der Waals surface area contributed by atoms with Gasteiger partial charge in [-0.1, -0.05) is 11.6 Å². The van der Waals surface area contributed by atoms with Gasteiger partial charge in [0.25, 0.3) is 0 Å². The molecule has 0 atom stereocenters. The SMILES string of the molecule is O=C1CCCC(=O)N1c1ccc(F)c(Cl)c1. The van der Waals surface area contributed by atoms with Gasteiger partial charge in [-0.3, -0.25) is 14.5 Å². The number of rotatable bonds is 1. The molecule has 5 heteroatoms. The highest BCUT2D eigenvalue weighted by Crippen LogP contribution is 2.26. The van der Waals surface area contributed by atoms with Crippen LogP contribution in [-0.2, 0) is 9.59 Å². The summed E-state index contributed by atoms with van der Waals surface area (Å²) in [4.78, 5) is 24.2. The first-order valence-electron chi connectivity index (χ1n) is 4.90. The van der Waals surface area contributed by atoms with Gasteiger partial charge in [0.1, 0.15) is 5.82 Å². The highest BCUT2D eigenvalue weighted by molar-refractivity contribution is 6.31. The topological polar surface area (TPSA) is 37.4 Å². The van der Waals surface area contributed by atoms with Gasteiger partial charge in [0.15, 0.2) is 0 Å². The van der Waals surface area contributed by atoms with Crippen molar-refractivity contribution in [3.8, 4) is 0 Å². The molecule has 3 nitrogen and oxygen atoms in total. The molecule has 1 heterocycles. The largest absolute Gasteiger partial charge is 0.274 e. The van der Waals surface area contributed by atoms with E-state index in [1.807, 2.05) is 0 Å². The first-order chi connectivity index (χ1) is 7.59. The Bertz CT molecular complexity index is 445. The summed E-state index contributed by atoms with van der Waals surface area (Å²) in [7, 11) is 0. The number of hydrogen-bond donors (Lipinski definition) is 0. The van der Waals surface area contributed by atoms with E-state index in [1.165, 1.54) is 12.1 Å². The van der Waals surface area contributed by atoms with Gasteiger partial charge in [0.2, 0.25) is 11.8 Å². The molecule has 1 fully saturated rings. The first-order valence-corrected chi connectivity index (χ1v) is 5.28. The molecule has 2 rings (SSSR count). The molecule has 0 spiro atoms.